The lowest BCUT2D eigenvalue weighted by Crippen LogP contribution is -2.46. The average molecular weight is 855 g/mol. The molecule has 0 aliphatic carbocycles. The molecule has 6 N–H and O–H groups in total. The molecule has 0 saturated heterocycles. The van der Waals surface area contributed by atoms with Gasteiger partial charge in [-0.05, 0) is 37.5 Å². The van der Waals surface area contributed by atoms with Gasteiger partial charge in [-0.15, -0.1) is 0 Å². The third-order valence-electron chi connectivity index (χ3n) is 13.3. The molecule has 0 spiro atoms. The number of hydrogen-bond donors (Lipinski definition) is 6. The Hall–Kier alpha value is -0.320. The summed E-state index contributed by atoms with van der Waals surface area (Å²) in [5.74, 6) is 0.540. The van der Waals surface area contributed by atoms with E-state index in [9.17, 15) is 20.4 Å². The first kappa shape index (κ1) is 59.7. The van der Waals surface area contributed by atoms with E-state index in [0.717, 1.165) is 71.4 Å². The Kier molecular flexibility index (Phi) is 45.0. The van der Waals surface area contributed by atoms with Gasteiger partial charge in [0.1, 0.15) is 0 Å². The molecule has 6 atom stereocenters. The van der Waals surface area contributed by atoms with Crippen LogP contribution in [0.1, 0.15) is 234 Å². The van der Waals surface area contributed by atoms with Crippen molar-refractivity contribution in [3.63, 3.8) is 0 Å². The van der Waals surface area contributed by atoms with E-state index in [0.29, 0.717) is 32.1 Å². The average Bonchev–Trinajstić information content (AvgIpc) is 3.24. The van der Waals surface area contributed by atoms with Crippen molar-refractivity contribution in [1.29, 1.82) is 0 Å². The molecule has 8 heteroatoms. The molecule has 0 bridgehead atoms. The summed E-state index contributed by atoms with van der Waals surface area (Å²) in [5, 5.41) is 50.8. The summed E-state index contributed by atoms with van der Waals surface area (Å²) in [6.45, 7) is 20.6. The third kappa shape index (κ3) is 39.3. The fraction of sp³-hybridized carbons (Fsp3) is 1.00. The van der Waals surface area contributed by atoms with Gasteiger partial charge in [-0.1, -0.05) is 208 Å². The van der Waals surface area contributed by atoms with Crippen LogP contribution in [0, 0.1) is 11.8 Å². The monoisotopic (exact) mass is 855 g/mol. The minimum Gasteiger partial charge on any atom is -0.392 e. The Bertz CT molecular complexity index is 840. The lowest BCUT2D eigenvalue weighted by Gasteiger charge is -2.32. The molecule has 0 rings (SSSR count). The first-order valence-electron chi connectivity index (χ1n) is 26.8. The van der Waals surface area contributed by atoms with Crippen LogP contribution in [0.4, 0.5) is 0 Å². The number of aliphatic hydroxyl groups is 4. The van der Waals surface area contributed by atoms with Gasteiger partial charge in [-0.3, -0.25) is 9.80 Å². The summed E-state index contributed by atoms with van der Waals surface area (Å²) in [7, 11) is 0. The molecule has 362 valence electrons. The van der Waals surface area contributed by atoms with Crippen molar-refractivity contribution in [3.05, 3.63) is 0 Å². The SMILES string of the molecule is CCCCCCCCCCCCC(O)CN(CCN(CCNCC(O)CC)CCNCC(O)C(C)CCCCCCCCCC)CC(O)C(C)CCCCCCCCCC. The molecule has 0 amide bonds. The van der Waals surface area contributed by atoms with Crippen LogP contribution in [0.2, 0.25) is 0 Å². The second-order valence-electron chi connectivity index (χ2n) is 19.3. The van der Waals surface area contributed by atoms with Crippen LogP contribution in [-0.4, -0.2) is 120 Å². The minimum atomic E-state index is -0.402. The molecule has 0 aromatic rings. The lowest BCUT2D eigenvalue weighted by molar-refractivity contribution is 0.0354. The molecule has 6 unspecified atom stereocenters. The van der Waals surface area contributed by atoms with Crippen LogP contribution in [-0.2, 0) is 0 Å². The van der Waals surface area contributed by atoms with Crippen LogP contribution >= 0.6 is 0 Å². The van der Waals surface area contributed by atoms with Gasteiger partial charge in [0.25, 0.3) is 0 Å². The standard InChI is InChI=1S/C52H110N4O4/c1-7-11-14-17-20-23-24-27-30-33-36-50(58)45-56(46-52(60)48(6)35-32-29-26-22-19-16-13-9-3)42-41-55(39-37-53-43-49(57)10-4)40-38-54-44-51(59)47(5)34-31-28-25-21-18-15-12-8-2/h47-54,57-60H,7-46H2,1-6H3. The van der Waals surface area contributed by atoms with Crippen molar-refractivity contribution in [2.45, 2.75) is 259 Å². The number of nitrogens with zero attached hydrogens (tertiary/aromatic N) is 2. The van der Waals surface area contributed by atoms with E-state index in [1.54, 1.807) is 0 Å². The normalized spacial score (nSPS) is 15.2. The van der Waals surface area contributed by atoms with Gasteiger partial charge in [0.15, 0.2) is 0 Å². The molecule has 0 aromatic heterocycles. The number of unbranched alkanes of at least 4 members (excludes halogenated alkanes) is 23. The highest BCUT2D eigenvalue weighted by Crippen LogP contribution is 2.19. The summed E-state index contributed by atoms with van der Waals surface area (Å²) in [4.78, 5) is 4.80. The zero-order valence-corrected chi connectivity index (χ0v) is 41.4. The fourth-order valence-electron chi connectivity index (χ4n) is 8.50. The topological polar surface area (TPSA) is 111 Å². The van der Waals surface area contributed by atoms with Crippen molar-refractivity contribution >= 4 is 0 Å². The van der Waals surface area contributed by atoms with Gasteiger partial charge in [-0.2, -0.15) is 0 Å². The summed E-state index contributed by atoms with van der Waals surface area (Å²) >= 11 is 0. The molecule has 0 radical (unpaired) electrons. The summed E-state index contributed by atoms with van der Waals surface area (Å²) < 4.78 is 0. The molecule has 0 aliphatic rings. The first-order chi connectivity index (χ1) is 29.2. The number of nitrogens with one attached hydrogen (secondary N) is 2. The van der Waals surface area contributed by atoms with Gasteiger partial charge in [0, 0.05) is 65.4 Å². The van der Waals surface area contributed by atoms with Crippen molar-refractivity contribution in [2.75, 3.05) is 65.4 Å². The second-order valence-corrected chi connectivity index (χ2v) is 19.3. The Balaban J connectivity index is 5.16. The maximum Gasteiger partial charge on any atom is 0.0692 e. The second kappa shape index (κ2) is 45.3. The Labute approximate surface area is 375 Å². The molecule has 0 heterocycles. The Morgan fingerprint density at radius 1 is 0.367 bits per heavy atom. The van der Waals surface area contributed by atoms with Crippen LogP contribution in [0.3, 0.4) is 0 Å². The lowest BCUT2D eigenvalue weighted by atomic mass is 9.96. The Morgan fingerprint density at radius 3 is 1.17 bits per heavy atom. The van der Waals surface area contributed by atoms with E-state index in [1.807, 2.05) is 6.92 Å². The van der Waals surface area contributed by atoms with Gasteiger partial charge >= 0.3 is 0 Å². The maximum atomic E-state index is 11.5. The predicted molar refractivity (Wildman–Crippen MR) is 262 cm³/mol. The van der Waals surface area contributed by atoms with Crippen LogP contribution in [0.25, 0.3) is 0 Å². The molecule has 0 aliphatic heterocycles. The van der Waals surface area contributed by atoms with E-state index in [4.69, 9.17) is 0 Å². The molecule has 0 aromatic carbocycles. The van der Waals surface area contributed by atoms with E-state index in [1.165, 1.54) is 161 Å². The van der Waals surface area contributed by atoms with Crippen molar-refractivity contribution in [2.24, 2.45) is 11.8 Å². The van der Waals surface area contributed by atoms with Crippen molar-refractivity contribution in [3.8, 4) is 0 Å². The highest BCUT2D eigenvalue weighted by molar-refractivity contribution is 4.76. The molecule has 0 saturated carbocycles. The molecule has 60 heavy (non-hydrogen) atoms. The zero-order chi connectivity index (χ0) is 44.3. The largest absolute Gasteiger partial charge is 0.392 e. The summed E-state index contributed by atoms with van der Waals surface area (Å²) in [6, 6.07) is 0. The summed E-state index contributed by atoms with van der Waals surface area (Å²) in [5.41, 5.74) is 0. The predicted octanol–water partition coefficient (Wildman–Crippen LogP) is 11.3. The van der Waals surface area contributed by atoms with Gasteiger partial charge < -0.3 is 31.1 Å². The van der Waals surface area contributed by atoms with Gasteiger partial charge in [0.2, 0.25) is 0 Å². The van der Waals surface area contributed by atoms with E-state index >= 15 is 0 Å². The summed E-state index contributed by atoms with van der Waals surface area (Å²) in [6.07, 6.45) is 36.2. The van der Waals surface area contributed by atoms with Gasteiger partial charge in [0.05, 0.1) is 24.4 Å². The number of hydrogen-bond acceptors (Lipinski definition) is 8. The third-order valence-corrected chi connectivity index (χ3v) is 13.3. The number of rotatable bonds is 49. The minimum absolute atomic E-state index is 0.241. The quantitative estimate of drug-likeness (QED) is 0.0336. The Morgan fingerprint density at radius 2 is 0.733 bits per heavy atom. The molecule has 0 fully saturated rings. The highest BCUT2D eigenvalue weighted by Gasteiger charge is 2.21. The molecular formula is C52H110N4O4. The molecule has 8 nitrogen and oxygen atoms in total. The maximum absolute atomic E-state index is 11.5. The zero-order valence-electron chi connectivity index (χ0n) is 41.4. The van der Waals surface area contributed by atoms with Crippen LogP contribution < -0.4 is 10.6 Å². The van der Waals surface area contributed by atoms with Gasteiger partial charge in [-0.25, -0.2) is 0 Å². The smallest absolute Gasteiger partial charge is 0.0692 e. The first-order valence-corrected chi connectivity index (χ1v) is 26.8. The van der Waals surface area contributed by atoms with E-state index in [2.05, 4.69) is 55.1 Å². The van der Waals surface area contributed by atoms with E-state index < -0.39 is 6.10 Å². The van der Waals surface area contributed by atoms with Crippen LogP contribution in [0.5, 0.6) is 0 Å². The highest BCUT2D eigenvalue weighted by atomic mass is 16.3. The molecular weight excluding hydrogens is 745 g/mol. The van der Waals surface area contributed by atoms with Crippen LogP contribution in [0.15, 0.2) is 0 Å². The van der Waals surface area contributed by atoms with Crippen molar-refractivity contribution in [1.82, 2.24) is 20.4 Å². The van der Waals surface area contributed by atoms with E-state index in [-0.39, 0.29) is 24.2 Å². The number of aliphatic hydroxyl groups excluding tert-OH is 4. The van der Waals surface area contributed by atoms with Crippen molar-refractivity contribution < 1.29 is 20.4 Å². The fourth-order valence-corrected chi connectivity index (χ4v) is 8.50.